The number of esters is 1. The van der Waals surface area contributed by atoms with Gasteiger partial charge in [-0.3, -0.25) is 0 Å². The van der Waals surface area contributed by atoms with Crippen molar-refractivity contribution < 1.29 is 14.4 Å². The Hall–Kier alpha value is -0.650. The Labute approximate surface area is 59.2 Å². The molecule has 5 heteroatoms. The first-order chi connectivity index (χ1) is 4.54. The number of hydrogen-bond donors (Lipinski definition) is 2. The van der Waals surface area contributed by atoms with E-state index in [2.05, 4.69) is 9.57 Å². The van der Waals surface area contributed by atoms with Gasteiger partial charge in [0.25, 0.3) is 0 Å². The van der Waals surface area contributed by atoms with Gasteiger partial charge >= 0.3 is 5.97 Å². The Kier molecular flexibility index (Phi) is 3.27. The molecule has 0 aromatic heterocycles. The molecule has 0 aromatic carbocycles. The average molecular weight is 148 g/mol. The summed E-state index contributed by atoms with van der Waals surface area (Å²) in [4.78, 5) is 14.9. The highest BCUT2D eigenvalue weighted by molar-refractivity contribution is 5.80. The van der Waals surface area contributed by atoms with Crippen LogP contribution in [0.5, 0.6) is 0 Å². The van der Waals surface area contributed by atoms with Crippen molar-refractivity contribution in [1.82, 2.24) is 0 Å². The summed E-state index contributed by atoms with van der Waals surface area (Å²) in [5.41, 5.74) is 4.25. The van der Waals surface area contributed by atoms with E-state index in [-0.39, 0.29) is 6.61 Å². The van der Waals surface area contributed by atoms with Crippen LogP contribution in [0.4, 0.5) is 0 Å². The maximum atomic E-state index is 10.7. The number of nitrogens with two attached hydrogens (primary N) is 2. The van der Waals surface area contributed by atoms with Gasteiger partial charge in [-0.25, -0.2) is 10.7 Å². The van der Waals surface area contributed by atoms with E-state index in [1.807, 2.05) is 0 Å². The fourth-order valence-electron chi connectivity index (χ4n) is 0.465. The molecule has 60 valence electrons. The summed E-state index contributed by atoms with van der Waals surface area (Å²) in [6.45, 7) is 1.42. The zero-order valence-corrected chi connectivity index (χ0v) is 6.09. The molecule has 0 aliphatic carbocycles. The Morgan fingerprint density at radius 1 is 1.70 bits per heavy atom. The summed E-state index contributed by atoms with van der Waals surface area (Å²) in [5.74, 6) is 4.18. The van der Waals surface area contributed by atoms with Crippen LogP contribution in [-0.4, -0.2) is 25.2 Å². The maximum absolute atomic E-state index is 10.7. The molecular weight excluding hydrogens is 136 g/mol. The molecule has 0 fully saturated rings. The molecule has 0 saturated carbocycles. The van der Waals surface area contributed by atoms with E-state index in [1.54, 1.807) is 0 Å². The second-order valence-corrected chi connectivity index (χ2v) is 2.22. The number of ether oxygens (including phenoxy) is 1. The first kappa shape index (κ1) is 9.35. The van der Waals surface area contributed by atoms with Crippen LogP contribution in [0.1, 0.15) is 6.92 Å². The molecule has 0 amide bonds. The van der Waals surface area contributed by atoms with Crippen molar-refractivity contribution in [2.75, 3.05) is 13.7 Å². The summed E-state index contributed by atoms with van der Waals surface area (Å²) >= 11 is 0. The topological polar surface area (TPSA) is 87.6 Å². The molecule has 0 unspecified atom stereocenters. The highest BCUT2D eigenvalue weighted by Gasteiger charge is 2.29. The summed E-state index contributed by atoms with van der Waals surface area (Å²) in [6, 6.07) is 0. The number of methoxy groups -OCH3 is 1. The predicted molar refractivity (Wildman–Crippen MR) is 34.7 cm³/mol. The third kappa shape index (κ3) is 2.30. The van der Waals surface area contributed by atoms with Gasteiger partial charge in [0.1, 0.15) is 5.54 Å². The van der Waals surface area contributed by atoms with Crippen LogP contribution >= 0.6 is 0 Å². The minimum absolute atomic E-state index is 0.0559. The molecule has 0 aliphatic heterocycles. The van der Waals surface area contributed by atoms with E-state index < -0.39 is 11.5 Å². The van der Waals surface area contributed by atoms with E-state index in [0.29, 0.717) is 0 Å². The largest absolute Gasteiger partial charge is 0.468 e. The van der Waals surface area contributed by atoms with Crippen molar-refractivity contribution in [1.29, 1.82) is 0 Å². The second-order valence-electron chi connectivity index (χ2n) is 2.22. The van der Waals surface area contributed by atoms with Crippen LogP contribution in [-0.2, 0) is 14.4 Å². The molecular formula is C5H12N2O3. The van der Waals surface area contributed by atoms with Gasteiger partial charge in [0.15, 0.2) is 0 Å². The molecule has 5 nitrogen and oxygen atoms in total. The molecule has 0 heterocycles. The molecule has 0 spiro atoms. The van der Waals surface area contributed by atoms with Crippen LogP contribution in [0.3, 0.4) is 0 Å². The van der Waals surface area contributed by atoms with Crippen molar-refractivity contribution in [3.63, 3.8) is 0 Å². The van der Waals surface area contributed by atoms with E-state index in [4.69, 9.17) is 11.6 Å². The van der Waals surface area contributed by atoms with Crippen LogP contribution in [0, 0.1) is 0 Å². The highest BCUT2D eigenvalue weighted by Crippen LogP contribution is 2.00. The standard InChI is InChI=1S/C5H12N2O3/c1-5(6,3-10-7)4(8)9-2/h3,6-7H2,1-2H3/t5-/m0/s1. The van der Waals surface area contributed by atoms with Gasteiger partial charge in [0.05, 0.1) is 13.7 Å². The average Bonchev–Trinajstić information content (AvgIpc) is 1.86. The first-order valence-electron chi connectivity index (χ1n) is 2.73. The van der Waals surface area contributed by atoms with E-state index in [0.717, 1.165) is 0 Å². The van der Waals surface area contributed by atoms with Gasteiger partial charge < -0.3 is 15.3 Å². The Bertz CT molecular complexity index is 124. The summed E-state index contributed by atoms with van der Waals surface area (Å²) in [5, 5.41) is 0. The molecule has 0 aliphatic rings. The second kappa shape index (κ2) is 3.50. The van der Waals surface area contributed by atoms with Crippen LogP contribution < -0.4 is 11.6 Å². The number of rotatable bonds is 3. The monoisotopic (exact) mass is 148 g/mol. The van der Waals surface area contributed by atoms with Gasteiger partial charge in [-0.05, 0) is 6.92 Å². The molecule has 0 bridgehead atoms. The zero-order valence-electron chi connectivity index (χ0n) is 6.09. The fourth-order valence-corrected chi connectivity index (χ4v) is 0.465. The molecule has 1 atom stereocenters. The lowest BCUT2D eigenvalue weighted by Crippen LogP contribution is -2.50. The van der Waals surface area contributed by atoms with Gasteiger partial charge in [-0.15, -0.1) is 0 Å². The molecule has 0 saturated heterocycles. The van der Waals surface area contributed by atoms with Gasteiger partial charge in [0.2, 0.25) is 0 Å². The Morgan fingerprint density at radius 3 is 2.50 bits per heavy atom. The van der Waals surface area contributed by atoms with Crippen molar-refractivity contribution in [2.45, 2.75) is 12.5 Å². The predicted octanol–water partition coefficient (Wildman–Crippen LogP) is -1.23. The van der Waals surface area contributed by atoms with E-state index in [9.17, 15) is 4.79 Å². The third-order valence-corrected chi connectivity index (χ3v) is 1.03. The zero-order chi connectivity index (χ0) is 8.20. The van der Waals surface area contributed by atoms with Crippen LogP contribution in [0.2, 0.25) is 0 Å². The summed E-state index contributed by atoms with van der Waals surface area (Å²) in [6.07, 6.45) is 0. The molecule has 4 N–H and O–H groups in total. The third-order valence-electron chi connectivity index (χ3n) is 1.03. The number of carbonyl (C=O) groups excluding carboxylic acids is 1. The van der Waals surface area contributed by atoms with Crippen molar-refractivity contribution in [2.24, 2.45) is 11.6 Å². The normalized spacial score (nSPS) is 16.0. The lowest BCUT2D eigenvalue weighted by atomic mass is 10.1. The number of carbonyl (C=O) groups is 1. The SMILES string of the molecule is COC(=O)[C@@](C)(N)CON. The fraction of sp³-hybridized carbons (Fsp3) is 0.800. The minimum Gasteiger partial charge on any atom is -0.468 e. The van der Waals surface area contributed by atoms with E-state index in [1.165, 1.54) is 14.0 Å². The van der Waals surface area contributed by atoms with Gasteiger partial charge in [0, 0.05) is 0 Å². The minimum atomic E-state index is -1.15. The Balaban J connectivity index is 3.96. The van der Waals surface area contributed by atoms with Crippen molar-refractivity contribution >= 4 is 5.97 Å². The molecule has 10 heavy (non-hydrogen) atoms. The maximum Gasteiger partial charge on any atom is 0.328 e. The molecule has 0 rings (SSSR count). The molecule has 0 aromatic rings. The van der Waals surface area contributed by atoms with Crippen molar-refractivity contribution in [3.05, 3.63) is 0 Å². The number of hydrogen-bond acceptors (Lipinski definition) is 5. The summed E-state index contributed by atoms with van der Waals surface area (Å²) < 4.78 is 4.37. The smallest absolute Gasteiger partial charge is 0.328 e. The van der Waals surface area contributed by atoms with Gasteiger partial charge in [-0.1, -0.05) is 0 Å². The van der Waals surface area contributed by atoms with Crippen LogP contribution in [0.15, 0.2) is 0 Å². The lowest BCUT2D eigenvalue weighted by Gasteiger charge is -2.18. The quantitative estimate of drug-likeness (QED) is 0.386. The van der Waals surface area contributed by atoms with Crippen molar-refractivity contribution in [3.8, 4) is 0 Å². The lowest BCUT2D eigenvalue weighted by molar-refractivity contribution is -0.148. The van der Waals surface area contributed by atoms with E-state index >= 15 is 0 Å². The van der Waals surface area contributed by atoms with Crippen LogP contribution in [0.25, 0.3) is 0 Å². The molecule has 0 radical (unpaired) electrons. The Morgan fingerprint density at radius 2 is 2.20 bits per heavy atom. The summed E-state index contributed by atoms with van der Waals surface area (Å²) in [7, 11) is 1.25. The van der Waals surface area contributed by atoms with Gasteiger partial charge in [-0.2, -0.15) is 0 Å². The first-order valence-corrected chi connectivity index (χ1v) is 2.73. The highest BCUT2D eigenvalue weighted by atomic mass is 16.6.